The number of fused-ring (bicyclic) bond motifs is 9. The molecule has 3 nitrogen and oxygen atoms in total. The predicted molar refractivity (Wildman–Crippen MR) is 202 cm³/mol. The highest BCUT2D eigenvalue weighted by Crippen LogP contribution is 2.51. The van der Waals surface area contributed by atoms with Gasteiger partial charge in [-0.15, -0.1) is 11.3 Å². The summed E-state index contributed by atoms with van der Waals surface area (Å²) in [4.78, 5) is 7.26. The smallest absolute Gasteiger partial charge is 0.227 e. The Balaban J connectivity index is 1.12. The standard InChI is InChI=1S/C44H30N2OS/c1-44(2)37-13-7-5-11-33(37)34-22-20-30(25-38(34)44)46(31-21-23-36-35-12-6-8-14-40(35)48-41(36)26-31)29-18-15-28(16-19-29)43-45-39-24-17-27-9-3-4-10-32(27)42(39)47-43/h3-26H,1-2H3. The van der Waals surface area contributed by atoms with E-state index in [4.69, 9.17) is 9.40 Å². The molecule has 228 valence electrons. The van der Waals surface area contributed by atoms with Crippen molar-refractivity contribution in [3.05, 3.63) is 157 Å². The van der Waals surface area contributed by atoms with Crippen molar-refractivity contribution in [2.75, 3.05) is 4.90 Å². The van der Waals surface area contributed by atoms with E-state index in [1.54, 1.807) is 0 Å². The van der Waals surface area contributed by atoms with E-state index in [2.05, 4.69) is 152 Å². The molecule has 0 unspecified atom stereocenters. The van der Waals surface area contributed by atoms with Crippen LogP contribution >= 0.6 is 11.3 Å². The molecule has 1 aliphatic carbocycles. The summed E-state index contributed by atoms with van der Waals surface area (Å²) in [5.74, 6) is 0.628. The van der Waals surface area contributed by atoms with E-state index in [9.17, 15) is 0 Å². The zero-order chi connectivity index (χ0) is 32.0. The summed E-state index contributed by atoms with van der Waals surface area (Å²) in [7, 11) is 0. The molecule has 2 heterocycles. The largest absolute Gasteiger partial charge is 0.435 e. The van der Waals surface area contributed by atoms with Crippen LogP contribution in [0, 0.1) is 0 Å². The topological polar surface area (TPSA) is 29.3 Å². The molecule has 48 heavy (non-hydrogen) atoms. The summed E-state index contributed by atoms with van der Waals surface area (Å²) in [6, 6.07) is 52.4. The molecule has 9 aromatic rings. The van der Waals surface area contributed by atoms with Gasteiger partial charge in [0.1, 0.15) is 5.52 Å². The third-order valence-electron chi connectivity index (χ3n) is 10.1. The second kappa shape index (κ2) is 10.1. The van der Waals surface area contributed by atoms with Crippen LogP contribution in [0.3, 0.4) is 0 Å². The molecule has 0 spiro atoms. The Morgan fingerprint density at radius 1 is 0.562 bits per heavy atom. The number of benzene rings is 7. The number of oxazole rings is 1. The number of aromatic nitrogens is 1. The molecule has 10 rings (SSSR count). The Morgan fingerprint density at radius 3 is 2.15 bits per heavy atom. The first-order valence-corrected chi connectivity index (χ1v) is 17.2. The van der Waals surface area contributed by atoms with Gasteiger partial charge in [-0.3, -0.25) is 0 Å². The first-order chi connectivity index (χ1) is 23.5. The van der Waals surface area contributed by atoms with Crippen molar-refractivity contribution < 1.29 is 4.42 Å². The van der Waals surface area contributed by atoms with Crippen LogP contribution < -0.4 is 4.90 Å². The van der Waals surface area contributed by atoms with Crippen molar-refractivity contribution in [1.29, 1.82) is 0 Å². The quantitative estimate of drug-likeness (QED) is 0.193. The van der Waals surface area contributed by atoms with Crippen LogP contribution in [0.15, 0.2) is 150 Å². The number of nitrogens with zero attached hydrogens (tertiary/aromatic N) is 2. The van der Waals surface area contributed by atoms with Gasteiger partial charge in [0.15, 0.2) is 5.58 Å². The first-order valence-electron chi connectivity index (χ1n) is 16.4. The van der Waals surface area contributed by atoms with Gasteiger partial charge >= 0.3 is 0 Å². The molecule has 0 saturated heterocycles. The zero-order valence-electron chi connectivity index (χ0n) is 26.6. The molecule has 0 atom stereocenters. The molecule has 0 aliphatic heterocycles. The minimum absolute atomic E-state index is 0.0932. The second-order valence-electron chi connectivity index (χ2n) is 13.2. The van der Waals surface area contributed by atoms with Crippen LogP contribution in [0.2, 0.25) is 0 Å². The molecule has 0 radical (unpaired) electrons. The molecule has 0 fully saturated rings. The summed E-state index contributed by atoms with van der Waals surface area (Å²) in [5.41, 5.74) is 11.3. The summed E-state index contributed by atoms with van der Waals surface area (Å²) in [6.45, 7) is 4.68. The van der Waals surface area contributed by atoms with Gasteiger partial charge in [-0.1, -0.05) is 98.8 Å². The maximum atomic E-state index is 6.39. The number of rotatable bonds is 4. The maximum Gasteiger partial charge on any atom is 0.227 e. The van der Waals surface area contributed by atoms with E-state index < -0.39 is 0 Å². The molecule has 4 heteroatoms. The molecular formula is C44H30N2OS. The molecular weight excluding hydrogens is 605 g/mol. The van der Waals surface area contributed by atoms with Gasteiger partial charge < -0.3 is 9.32 Å². The Kier molecular flexibility index (Phi) is 5.79. The van der Waals surface area contributed by atoms with Crippen molar-refractivity contribution in [3.8, 4) is 22.6 Å². The van der Waals surface area contributed by atoms with Gasteiger partial charge in [0, 0.05) is 53.6 Å². The van der Waals surface area contributed by atoms with Crippen LogP contribution in [0.1, 0.15) is 25.0 Å². The normalized spacial score (nSPS) is 13.4. The molecule has 2 aromatic heterocycles. The zero-order valence-corrected chi connectivity index (χ0v) is 27.4. The number of hydrogen-bond acceptors (Lipinski definition) is 4. The lowest BCUT2D eigenvalue weighted by Crippen LogP contribution is -2.16. The number of thiophene rings is 1. The average molecular weight is 635 g/mol. The van der Waals surface area contributed by atoms with Crippen LogP contribution in [-0.4, -0.2) is 4.98 Å². The fourth-order valence-corrected chi connectivity index (χ4v) is 8.80. The predicted octanol–water partition coefficient (Wildman–Crippen LogP) is 12.8. The van der Waals surface area contributed by atoms with Gasteiger partial charge in [-0.05, 0) is 88.3 Å². The van der Waals surface area contributed by atoms with E-state index in [0.717, 1.165) is 44.5 Å². The van der Waals surface area contributed by atoms with Gasteiger partial charge in [0.2, 0.25) is 5.89 Å². The van der Waals surface area contributed by atoms with Gasteiger partial charge in [-0.2, -0.15) is 0 Å². The third-order valence-corrected chi connectivity index (χ3v) is 11.2. The lowest BCUT2D eigenvalue weighted by Gasteiger charge is -2.28. The summed E-state index contributed by atoms with van der Waals surface area (Å²) in [5, 5.41) is 4.83. The van der Waals surface area contributed by atoms with Crippen LogP contribution in [0.25, 0.3) is 64.6 Å². The Morgan fingerprint density at radius 2 is 1.25 bits per heavy atom. The van der Waals surface area contributed by atoms with Crippen molar-refractivity contribution in [1.82, 2.24) is 4.98 Å². The molecule has 0 saturated carbocycles. The SMILES string of the molecule is CC1(C)c2ccccc2-c2ccc(N(c3ccc(-c4nc5ccc6ccccc6c5o4)cc3)c3ccc4c(c3)sc3ccccc34)cc21. The fourth-order valence-electron chi connectivity index (χ4n) is 7.66. The van der Waals surface area contributed by atoms with Gasteiger partial charge in [0.05, 0.1) is 0 Å². The average Bonchev–Trinajstić information content (AvgIpc) is 3.80. The molecule has 7 aromatic carbocycles. The van der Waals surface area contributed by atoms with E-state index in [0.29, 0.717) is 5.89 Å². The number of hydrogen-bond donors (Lipinski definition) is 0. The van der Waals surface area contributed by atoms with Crippen molar-refractivity contribution in [3.63, 3.8) is 0 Å². The minimum Gasteiger partial charge on any atom is -0.435 e. The van der Waals surface area contributed by atoms with Crippen LogP contribution in [-0.2, 0) is 5.41 Å². The minimum atomic E-state index is -0.0932. The van der Waals surface area contributed by atoms with Crippen LogP contribution in [0.5, 0.6) is 0 Å². The molecule has 1 aliphatic rings. The van der Waals surface area contributed by atoms with E-state index in [1.807, 2.05) is 23.5 Å². The summed E-state index contributed by atoms with van der Waals surface area (Å²) >= 11 is 1.85. The highest BCUT2D eigenvalue weighted by molar-refractivity contribution is 7.25. The van der Waals surface area contributed by atoms with E-state index >= 15 is 0 Å². The van der Waals surface area contributed by atoms with Gasteiger partial charge in [0.25, 0.3) is 0 Å². The first kappa shape index (κ1) is 27.4. The molecule has 0 bridgehead atoms. The lowest BCUT2D eigenvalue weighted by molar-refractivity contribution is 0.623. The van der Waals surface area contributed by atoms with Crippen molar-refractivity contribution in [2.24, 2.45) is 0 Å². The van der Waals surface area contributed by atoms with E-state index in [-0.39, 0.29) is 5.41 Å². The van der Waals surface area contributed by atoms with Crippen molar-refractivity contribution >= 4 is 70.4 Å². The Labute approximate surface area is 282 Å². The second-order valence-corrected chi connectivity index (χ2v) is 14.3. The molecule has 0 N–H and O–H groups in total. The van der Waals surface area contributed by atoms with Crippen molar-refractivity contribution in [2.45, 2.75) is 19.3 Å². The Bertz CT molecular complexity index is 2710. The van der Waals surface area contributed by atoms with E-state index in [1.165, 1.54) is 42.4 Å². The highest BCUT2D eigenvalue weighted by atomic mass is 32.1. The van der Waals surface area contributed by atoms with Gasteiger partial charge in [-0.25, -0.2) is 4.98 Å². The van der Waals surface area contributed by atoms with Crippen LogP contribution in [0.4, 0.5) is 17.1 Å². The summed E-state index contributed by atoms with van der Waals surface area (Å²) < 4.78 is 8.98. The summed E-state index contributed by atoms with van der Waals surface area (Å²) in [6.07, 6.45) is 0. The molecule has 0 amide bonds. The Hall–Kier alpha value is -5.71. The monoisotopic (exact) mass is 634 g/mol. The maximum absolute atomic E-state index is 6.39. The third kappa shape index (κ3) is 4.03. The lowest BCUT2D eigenvalue weighted by atomic mass is 9.82. The highest BCUT2D eigenvalue weighted by Gasteiger charge is 2.35. The number of anilines is 3. The fraction of sp³-hybridized carbons (Fsp3) is 0.0682.